The number of amides is 1. The van der Waals surface area contributed by atoms with Crippen molar-refractivity contribution < 1.29 is 13.6 Å². The first-order valence-corrected chi connectivity index (χ1v) is 6.81. The van der Waals surface area contributed by atoms with Gasteiger partial charge in [-0.25, -0.2) is 8.78 Å². The molecule has 0 aromatic heterocycles. The second-order valence-corrected chi connectivity index (χ2v) is 5.36. The highest BCUT2D eigenvalue weighted by Crippen LogP contribution is 2.25. The number of carbonyl (C=O) groups is 1. The molecule has 0 radical (unpaired) electrons. The van der Waals surface area contributed by atoms with E-state index in [0.717, 1.165) is 12.1 Å². The molecule has 20 heavy (non-hydrogen) atoms. The normalized spacial score (nSPS) is 10.4. The van der Waals surface area contributed by atoms with Crippen molar-refractivity contribution >= 4 is 39.1 Å². The number of hydrogen-bond donors (Lipinski definition) is 1. The maximum Gasteiger partial charge on any atom is 0.228 e. The predicted molar refractivity (Wildman–Crippen MR) is 77.8 cm³/mol. The van der Waals surface area contributed by atoms with Crippen LogP contribution in [0.1, 0.15) is 5.56 Å². The van der Waals surface area contributed by atoms with Crippen LogP contribution in [0.5, 0.6) is 0 Å². The molecule has 0 saturated heterocycles. The fourth-order valence-electron chi connectivity index (χ4n) is 1.61. The highest BCUT2D eigenvalue weighted by Gasteiger charge is 2.08. The summed E-state index contributed by atoms with van der Waals surface area (Å²) in [6.07, 6.45) is -0.0442. The van der Waals surface area contributed by atoms with Crippen LogP contribution in [-0.4, -0.2) is 5.91 Å². The van der Waals surface area contributed by atoms with E-state index in [9.17, 15) is 13.6 Å². The lowest BCUT2D eigenvalue weighted by Gasteiger charge is -2.07. The molecule has 1 amide bonds. The first kappa shape index (κ1) is 14.9. The van der Waals surface area contributed by atoms with Gasteiger partial charge in [-0.3, -0.25) is 4.79 Å². The van der Waals surface area contributed by atoms with Crippen molar-refractivity contribution in [2.45, 2.75) is 6.42 Å². The predicted octanol–water partition coefficient (Wildman–Crippen LogP) is 4.56. The van der Waals surface area contributed by atoms with Crippen LogP contribution in [0, 0.1) is 11.6 Å². The Morgan fingerprint density at radius 2 is 1.90 bits per heavy atom. The second kappa shape index (κ2) is 6.33. The number of rotatable bonds is 3. The standard InChI is InChI=1S/C14H9BrClF2NO/c15-10-7-9(2-3-11(10)16)19-14(20)6-8-1-4-12(17)13(18)5-8/h1-5,7H,6H2,(H,19,20). The Hall–Kier alpha value is -1.46. The molecule has 0 fully saturated rings. The van der Waals surface area contributed by atoms with Crippen molar-refractivity contribution in [2.24, 2.45) is 0 Å². The smallest absolute Gasteiger partial charge is 0.228 e. The molecule has 0 unspecified atom stereocenters. The van der Waals surface area contributed by atoms with Gasteiger partial charge in [0.2, 0.25) is 5.91 Å². The van der Waals surface area contributed by atoms with Crippen molar-refractivity contribution in [3.63, 3.8) is 0 Å². The molecule has 0 bridgehead atoms. The van der Waals surface area contributed by atoms with E-state index in [-0.39, 0.29) is 12.3 Å². The number of nitrogens with one attached hydrogen (secondary N) is 1. The van der Waals surface area contributed by atoms with Crippen LogP contribution < -0.4 is 5.32 Å². The highest BCUT2D eigenvalue weighted by atomic mass is 79.9. The molecule has 0 atom stereocenters. The van der Waals surface area contributed by atoms with Crippen molar-refractivity contribution in [2.75, 3.05) is 5.32 Å². The first-order valence-electron chi connectivity index (χ1n) is 5.64. The van der Waals surface area contributed by atoms with E-state index in [0.29, 0.717) is 20.7 Å². The Balaban J connectivity index is 2.04. The number of hydrogen-bond acceptors (Lipinski definition) is 1. The van der Waals surface area contributed by atoms with Crippen LogP contribution in [0.2, 0.25) is 5.02 Å². The summed E-state index contributed by atoms with van der Waals surface area (Å²) < 4.78 is 26.5. The molecular weight excluding hydrogens is 352 g/mol. The van der Waals surface area contributed by atoms with Crippen LogP contribution >= 0.6 is 27.5 Å². The van der Waals surface area contributed by atoms with E-state index in [1.54, 1.807) is 18.2 Å². The monoisotopic (exact) mass is 359 g/mol. The zero-order chi connectivity index (χ0) is 14.7. The van der Waals surface area contributed by atoms with E-state index in [1.165, 1.54) is 6.07 Å². The molecule has 0 saturated carbocycles. The third-order valence-electron chi connectivity index (χ3n) is 2.55. The van der Waals surface area contributed by atoms with Gasteiger partial charge in [0.1, 0.15) is 0 Å². The lowest BCUT2D eigenvalue weighted by atomic mass is 10.1. The number of halogens is 4. The minimum atomic E-state index is -0.968. The van der Waals surface area contributed by atoms with Crippen LogP contribution in [0.4, 0.5) is 14.5 Å². The van der Waals surface area contributed by atoms with Crippen molar-refractivity contribution in [1.29, 1.82) is 0 Å². The quantitative estimate of drug-likeness (QED) is 0.854. The van der Waals surface area contributed by atoms with Gasteiger partial charge >= 0.3 is 0 Å². The molecule has 2 aromatic rings. The molecule has 0 aliphatic rings. The maximum absolute atomic E-state index is 13.0. The summed E-state index contributed by atoms with van der Waals surface area (Å²) in [5.74, 6) is -2.23. The summed E-state index contributed by atoms with van der Waals surface area (Å²) in [6.45, 7) is 0. The summed E-state index contributed by atoms with van der Waals surface area (Å²) in [6, 6.07) is 8.32. The van der Waals surface area contributed by atoms with Gasteiger partial charge in [-0.15, -0.1) is 0 Å². The SMILES string of the molecule is O=C(Cc1ccc(F)c(F)c1)Nc1ccc(Cl)c(Br)c1. The van der Waals surface area contributed by atoms with Gasteiger partial charge < -0.3 is 5.32 Å². The molecule has 2 rings (SSSR count). The van der Waals surface area contributed by atoms with E-state index in [4.69, 9.17) is 11.6 Å². The largest absolute Gasteiger partial charge is 0.326 e. The summed E-state index contributed by atoms with van der Waals surface area (Å²) in [5, 5.41) is 3.18. The highest BCUT2D eigenvalue weighted by molar-refractivity contribution is 9.10. The fourth-order valence-corrected chi connectivity index (χ4v) is 2.11. The molecule has 2 aromatic carbocycles. The van der Waals surface area contributed by atoms with Crippen molar-refractivity contribution in [1.82, 2.24) is 0 Å². The molecule has 6 heteroatoms. The minimum absolute atomic E-state index is 0.0442. The van der Waals surface area contributed by atoms with Gasteiger partial charge in [0.15, 0.2) is 11.6 Å². The molecule has 0 aliphatic carbocycles. The number of anilines is 1. The zero-order valence-electron chi connectivity index (χ0n) is 10.1. The fraction of sp³-hybridized carbons (Fsp3) is 0.0714. The lowest BCUT2D eigenvalue weighted by Crippen LogP contribution is -2.14. The molecule has 2 nitrogen and oxygen atoms in total. The summed E-state index contributed by atoms with van der Waals surface area (Å²) in [5.41, 5.74) is 0.961. The number of carbonyl (C=O) groups excluding carboxylic acids is 1. The van der Waals surface area contributed by atoms with E-state index < -0.39 is 11.6 Å². The topological polar surface area (TPSA) is 29.1 Å². The average Bonchev–Trinajstić information content (AvgIpc) is 2.38. The Bertz CT molecular complexity index is 608. The van der Waals surface area contributed by atoms with Crippen LogP contribution in [0.3, 0.4) is 0 Å². The van der Waals surface area contributed by atoms with Gasteiger partial charge in [0.05, 0.1) is 11.4 Å². The first-order chi connectivity index (χ1) is 9.45. The summed E-state index contributed by atoms with van der Waals surface area (Å²) in [7, 11) is 0. The molecular formula is C14H9BrClF2NO. The summed E-state index contributed by atoms with van der Waals surface area (Å²) >= 11 is 9.09. The van der Waals surface area contributed by atoms with Gasteiger partial charge in [0, 0.05) is 10.2 Å². The lowest BCUT2D eigenvalue weighted by molar-refractivity contribution is -0.115. The molecule has 1 N–H and O–H groups in total. The van der Waals surface area contributed by atoms with Crippen LogP contribution in [-0.2, 0) is 11.2 Å². The number of benzene rings is 2. The average molecular weight is 361 g/mol. The minimum Gasteiger partial charge on any atom is -0.326 e. The van der Waals surface area contributed by atoms with Gasteiger partial charge in [-0.2, -0.15) is 0 Å². The van der Waals surface area contributed by atoms with Gasteiger partial charge in [-0.05, 0) is 51.8 Å². The van der Waals surface area contributed by atoms with Crippen LogP contribution in [0.15, 0.2) is 40.9 Å². The second-order valence-electron chi connectivity index (χ2n) is 4.10. The van der Waals surface area contributed by atoms with Crippen LogP contribution in [0.25, 0.3) is 0 Å². The van der Waals surface area contributed by atoms with Crippen molar-refractivity contribution in [3.05, 3.63) is 63.1 Å². The van der Waals surface area contributed by atoms with E-state index in [2.05, 4.69) is 21.2 Å². The third kappa shape index (κ3) is 3.77. The Morgan fingerprint density at radius 1 is 1.15 bits per heavy atom. The Morgan fingerprint density at radius 3 is 2.55 bits per heavy atom. The maximum atomic E-state index is 13.0. The molecule has 0 aliphatic heterocycles. The zero-order valence-corrected chi connectivity index (χ0v) is 12.4. The van der Waals surface area contributed by atoms with Crippen molar-refractivity contribution in [3.8, 4) is 0 Å². The van der Waals surface area contributed by atoms with Gasteiger partial charge in [-0.1, -0.05) is 17.7 Å². The molecule has 104 valence electrons. The Labute approximate surface area is 127 Å². The van der Waals surface area contributed by atoms with E-state index in [1.807, 2.05) is 0 Å². The third-order valence-corrected chi connectivity index (χ3v) is 3.77. The van der Waals surface area contributed by atoms with Gasteiger partial charge in [0.25, 0.3) is 0 Å². The van der Waals surface area contributed by atoms with E-state index >= 15 is 0 Å². The Kier molecular flexibility index (Phi) is 4.73. The summed E-state index contributed by atoms with van der Waals surface area (Å²) in [4.78, 5) is 11.8. The molecule has 0 heterocycles. The molecule has 0 spiro atoms.